The average Bonchev–Trinajstić information content (AvgIpc) is 2.03. The van der Waals surface area contributed by atoms with Crippen molar-refractivity contribution < 1.29 is 9.31 Å². The minimum Gasteiger partial charge on any atom is -0.258 e. The van der Waals surface area contributed by atoms with Crippen LogP contribution in [0.15, 0.2) is 24.8 Å². The second-order valence-corrected chi connectivity index (χ2v) is 2.14. The van der Waals surface area contributed by atoms with Crippen molar-refractivity contribution in [3.05, 3.63) is 46.3 Å². The summed E-state index contributed by atoms with van der Waals surface area (Å²) in [6.45, 7) is 3.34. The van der Waals surface area contributed by atoms with Gasteiger partial charge in [-0.05, 0) is 12.1 Å². The van der Waals surface area contributed by atoms with E-state index < -0.39 is 16.4 Å². The molecule has 3 nitrogen and oxygen atoms in total. The molecular formula is C8H6FNO2. The number of nitro groups is 1. The van der Waals surface area contributed by atoms with Gasteiger partial charge < -0.3 is 0 Å². The van der Waals surface area contributed by atoms with Crippen molar-refractivity contribution in [2.75, 3.05) is 0 Å². The van der Waals surface area contributed by atoms with E-state index in [-0.39, 0.29) is 5.56 Å². The normalized spacial score (nSPS) is 9.42. The Morgan fingerprint density at radius 3 is 2.67 bits per heavy atom. The molecule has 0 saturated carbocycles. The molecule has 0 aliphatic heterocycles. The lowest BCUT2D eigenvalue weighted by molar-refractivity contribution is -0.387. The standard InChI is InChI=1S/C8H6FNO2/c1-2-6-4-3-5-7(9)8(6)10(11)12/h2-5H,1H2. The molecule has 4 heteroatoms. The summed E-state index contributed by atoms with van der Waals surface area (Å²) < 4.78 is 12.8. The topological polar surface area (TPSA) is 43.1 Å². The molecule has 0 atom stereocenters. The largest absolute Gasteiger partial charge is 0.311 e. The minimum absolute atomic E-state index is 0.194. The van der Waals surface area contributed by atoms with Crippen LogP contribution in [0.25, 0.3) is 6.08 Å². The van der Waals surface area contributed by atoms with E-state index in [1.165, 1.54) is 18.2 Å². The van der Waals surface area contributed by atoms with E-state index in [9.17, 15) is 14.5 Å². The molecule has 1 aromatic carbocycles. The van der Waals surface area contributed by atoms with Gasteiger partial charge in [0, 0.05) is 0 Å². The van der Waals surface area contributed by atoms with Gasteiger partial charge in [-0.15, -0.1) is 0 Å². The van der Waals surface area contributed by atoms with Crippen LogP contribution in [-0.4, -0.2) is 4.92 Å². The predicted octanol–water partition coefficient (Wildman–Crippen LogP) is 2.38. The van der Waals surface area contributed by atoms with Gasteiger partial charge in [-0.3, -0.25) is 10.1 Å². The molecule has 0 unspecified atom stereocenters. The Morgan fingerprint density at radius 1 is 1.58 bits per heavy atom. The highest BCUT2D eigenvalue weighted by Crippen LogP contribution is 2.22. The maximum atomic E-state index is 12.8. The lowest BCUT2D eigenvalue weighted by Gasteiger charge is -1.96. The van der Waals surface area contributed by atoms with Crippen molar-refractivity contribution in [1.82, 2.24) is 0 Å². The Morgan fingerprint density at radius 2 is 2.25 bits per heavy atom. The van der Waals surface area contributed by atoms with Crippen LogP contribution in [0.3, 0.4) is 0 Å². The van der Waals surface area contributed by atoms with Gasteiger partial charge >= 0.3 is 5.69 Å². The number of para-hydroxylation sites is 1. The summed E-state index contributed by atoms with van der Waals surface area (Å²) in [6.07, 6.45) is 1.25. The van der Waals surface area contributed by atoms with E-state index in [0.29, 0.717) is 0 Å². The summed E-state index contributed by atoms with van der Waals surface area (Å²) in [6, 6.07) is 3.89. The van der Waals surface area contributed by atoms with Crippen molar-refractivity contribution in [2.24, 2.45) is 0 Å². The fourth-order valence-corrected chi connectivity index (χ4v) is 0.889. The quantitative estimate of drug-likeness (QED) is 0.501. The Labute approximate surface area is 68.3 Å². The highest BCUT2D eigenvalue weighted by molar-refractivity contribution is 5.59. The molecule has 0 radical (unpaired) electrons. The number of nitro benzene ring substituents is 1. The Kier molecular flexibility index (Phi) is 2.19. The first kappa shape index (κ1) is 8.39. The van der Waals surface area contributed by atoms with Crippen LogP contribution in [0.4, 0.5) is 10.1 Å². The molecule has 0 amide bonds. The fourth-order valence-electron chi connectivity index (χ4n) is 0.889. The van der Waals surface area contributed by atoms with Crippen LogP contribution in [0.5, 0.6) is 0 Å². The number of halogens is 1. The van der Waals surface area contributed by atoms with Gasteiger partial charge in [-0.2, -0.15) is 4.39 Å². The number of hydrogen-bond donors (Lipinski definition) is 0. The maximum Gasteiger partial charge on any atom is 0.311 e. The summed E-state index contributed by atoms with van der Waals surface area (Å²) in [5.74, 6) is -0.836. The Hall–Kier alpha value is -1.71. The molecule has 62 valence electrons. The monoisotopic (exact) mass is 167 g/mol. The molecule has 0 bridgehead atoms. The molecule has 0 aliphatic carbocycles. The van der Waals surface area contributed by atoms with E-state index in [0.717, 1.165) is 6.07 Å². The summed E-state index contributed by atoms with van der Waals surface area (Å²) in [5, 5.41) is 10.3. The first-order chi connectivity index (χ1) is 5.66. The van der Waals surface area contributed by atoms with Crippen LogP contribution in [0, 0.1) is 15.9 Å². The molecule has 0 fully saturated rings. The molecule has 0 aromatic heterocycles. The maximum absolute atomic E-state index is 12.8. The molecule has 0 N–H and O–H groups in total. The molecule has 0 saturated heterocycles. The van der Waals surface area contributed by atoms with E-state index in [1.807, 2.05) is 0 Å². The van der Waals surface area contributed by atoms with Crippen molar-refractivity contribution in [3.63, 3.8) is 0 Å². The van der Waals surface area contributed by atoms with Crippen molar-refractivity contribution in [1.29, 1.82) is 0 Å². The summed E-state index contributed by atoms with van der Waals surface area (Å²) in [7, 11) is 0. The SMILES string of the molecule is C=Cc1cccc(F)c1[N+](=O)[O-]. The number of rotatable bonds is 2. The second-order valence-electron chi connectivity index (χ2n) is 2.14. The zero-order valence-corrected chi connectivity index (χ0v) is 6.16. The molecule has 0 aliphatic rings. The van der Waals surface area contributed by atoms with Crippen LogP contribution < -0.4 is 0 Å². The van der Waals surface area contributed by atoms with Gasteiger partial charge in [-0.1, -0.05) is 18.7 Å². The van der Waals surface area contributed by atoms with Gasteiger partial charge in [0.25, 0.3) is 0 Å². The predicted molar refractivity (Wildman–Crippen MR) is 43.1 cm³/mol. The molecule has 0 spiro atoms. The smallest absolute Gasteiger partial charge is 0.258 e. The zero-order chi connectivity index (χ0) is 9.14. The zero-order valence-electron chi connectivity index (χ0n) is 6.16. The Balaban J connectivity index is 3.39. The summed E-state index contributed by atoms with van der Waals surface area (Å²) >= 11 is 0. The molecule has 0 heterocycles. The third kappa shape index (κ3) is 1.32. The lowest BCUT2D eigenvalue weighted by atomic mass is 10.2. The first-order valence-electron chi connectivity index (χ1n) is 3.22. The molecular weight excluding hydrogens is 161 g/mol. The molecule has 1 rings (SSSR count). The van der Waals surface area contributed by atoms with Crippen LogP contribution in [-0.2, 0) is 0 Å². The summed E-state index contributed by atoms with van der Waals surface area (Å²) in [5.41, 5.74) is -0.326. The lowest BCUT2D eigenvalue weighted by Crippen LogP contribution is -1.94. The van der Waals surface area contributed by atoms with Crippen LogP contribution >= 0.6 is 0 Å². The van der Waals surface area contributed by atoms with Gasteiger partial charge in [0.15, 0.2) is 0 Å². The van der Waals surface area contributed by atoms with Crippen molar-refractivity contribution >= 4 is 11.8 Å². The van der Waals surface area contributed by atoms with Gasteiger partial charge in [-0.25, -0.2) is 0 Å². The number of nitrogens with zero attached hydrogens (tertiary/aromatic N) is 1. The van der Waals surface area contributed by atoms with Gasteiger partial charge in [0.1, 0.15) is 0 Å². The van der Waals surface area contributed by atoms with E-state index in [4.69, 9.17) is 0 Å². The highest BCUT2D eigenvalue weighted by Gasteiger charge is 2.16. The highest BCUT2D eigenvalue weighted by atomic mass is 19.1. The average molecular weight is 167 g/mol. The minimum atomic E-state index is -0.836. The first-order valence-corrected chi connectivity index (χ1v) is 3.22. The van der Waals surface area contributed by atoms with E-state index in [1.54, 1.807) is 0 Å². The third-order valence-electron chi connectivity index (χ3n) is 1.42. The Bertz CT molecular complexity index is 336. The third-order valence-corrected chi connectivity index (χ3v) is 1.42. The number of hydrogen-bond acceptors (Lipinski definition) is 2. The fraction of sp³-hybridized carbons (Fsp3) is 0. The molecule has 12 heavy (non-hydrogen) atoms. The second kappa shape index (κ2) is 3.13. The van der Waals surface area contributed by atoms with E-state index >= 15 is 0 Å². The van der Waals surface area contributed by atoms with Crippen molar-refractivity contribution in [2.45, 2.75) is 0 Å². The van der Waals surface area contributed by atoms with Gasteiger partial charge in [0.2, 0.25) is 5.82 Å². The summed E-state index contributed by atoms with van der Waals surface area (Å²) in [4.78, 5) is 9.56. The molecule has 1 aromatic rings. The van der Waals surface area contributed by atoms with E-state index in [2.05, 4.69) is 6.58 Å². The van der Waals surface area contributed by atoms with Crippen molar-refractivity contribution in [3.8, 4) is 0 Å². The van der Waals surface area contributed by atoms with Crippen LogP contribution in [0.1, 0.15) is 5.56 Å². The number of benzene rings is 1. The van der Waals surface area contributed by atoms with Crippen LogP contribution in [0.2, 0.25) is 0 Å². The van der Waals surface area contributed by atoms with Gasteiger partial charge in [0.05, 0.1) is 10.5 Å².